The van der Waals surface area contributed by atoms with Crippen molar-refractivity contribution in [3.05, 3.63) is 65.7 Å². The van der Waals surface area contributed by atoms with E-state index in [0.29, 0.717) is 18.2 Å². The van der Waals surface area contributed by atoms with Crippen molar-refractivity contribution < 1.29 is 13.6 Å². The molecule has 2 aromatic carbocycles. The molecule has 0 saturated carbocycles. The van der Waals surface area contributed by atoms with Gasteiger partial charge in [-0.15, -0.1) is 0 Å². The minimum atomic E-state index is -0.336. The summed E-state index contributed by atoms with van der Waals surface area (Å²) in [5, 5.41) is 8.98. The molecule has 1 aliphatic heterocycles. The number of carbonyl (C=O) groups excluding carboxylic acids is 1. The lowest BCUT2D eigenvalue weighted by atomic mass is 9.89. The molecule has 3 N–H and O–H groups in total. The molecule has 2 aromatic rings. The number of rotatable bonds is 5. The van der Waals surface area contributed by atoms with Crippen LogP contribution < -0.4 is 16.0 Å². The smallest absolute Gasteiger partial charge is 0.319 e. The molecule has 2 atom stereocenters. The van der Waals surface area contributed by atoms with Gasteiger partial charge in [-0.2, -0.15) is 0 Å². The van der Waals surface area contributed by atoms with Crippen molar-refractivity contribution in [1.82, 2.24) is 10.6 Å². The van der Waals surface area contributed by atoms with Crippen molar-refractivity contribution in [3.63, 3.8) is 0 Å². The summed E-state index contributed by atoms with van der Waals surface area (Å²) in [4.78, 5) is 11.9. The van der Waals surface area contributed by atoms with Crippen LogP contribution in [0, 0.1) is 17.6 Å². The second kappa shape index (κ2) is 8.76. The fourth-order valence-electron chi connectivity index (χ4n) is 3.20. The van der Waals surface area contributed by atoms with Gasteiger partial charge < -0.3 is 16.0 Å². The Hall–Kier alpha value is -2.47. The number of piperidine rings is 1. The Balaban J connectivity index is 1.36. The number of amides is 2. The van der Waals surface area contributed by atoms with Gasteiger partial charge in [0.25, 0.3) is 0 Å². The first kappa shape index (κ1) is 18.3. The van der Waals surface area contributed by atoms with E-state index in [9.17, 15) is 13.6 Å². The lowest BCUT2D eigenvalue weighted by molar-refractivity contribution is 0.247. The normalized spacial score (nSPS) is 19.8. The van der Waals surface area contributed by atoms with Gasteiger partial charge in [0.05, 0.1) is 0 Å². The standard InChI is InChI=1S/C20H23F2N3O/c21-16-4-1-14(2-5-16)11-15-3-8-19(23-12-15)13-24-20(26)25-18-9-6-17(22)7-10-18/h1-2,4-7,9-10,15,19,23H,3,8,11-13H2,(H2,24,25,26)/t15-,19+/m0/s1. The predicted octanol–water partition coefficient (Wildman–Crippen LogP) is 3.70. The second-order valence-electron chi connectivity index (χ2n) is 6.72. The molecule has 26 heavy (non-hydrogen) atoms. The van der Waals surface area contributed by atoms with Crippen molar-refractivity contribution in [2.45, 2.75) is 25.3 Å². The van der Waals surface area contributed by atoms with Crippen LogP contribution in [0.1, 0.15) is 18.4 Å². The molecule has 0 aliphatic carbocycles. The third-order valence-electron chi connectivity index (χ3n) is 4.67. The van der Waals surface area contributed by atoms with Crippen LogP contribution >= 0.6 is 0 Å². The molecule has 0 bridgehead atoms. The first-order chi connectivity index (χ1) is 12.6. The van der Waals surface area contributed by atoms with Gasteiger partial charge in [0.2, 0.25) is 0 Å². The molecule has 138 valence electrons. The summed E-state index contributed by atoms with van der Waals surface area (Å²) in [5.41, 5.74) is 1.70. The van der Waals surface area contributed by atoms with Gasteiger partial charge in [0.15, 0.2) is 0 Å². The Morgan fingerprint density at radius 2 is 1.65 bits per heavy atom. The molecular weight excluding hydrogens is 336 g/mol. The number of benzene rings is 2. The molecule has 3 rings (SSSR count). The third kappa shape index (κ3) is 5.52. The number of carbonyl (C=O) groups is 1. The van der Waals surface area contributed by atoms with E-state index >= 15 is 0 Å². The zero-order valence-electron chi connectivity index (χ0n) is 14.5. The maximum atomic E-state index is 13.0. The molecular formula is C20H23F2N3O. The summed E-state index contributed by atoms with van der Waals surface area (Å²) >= 11 is 0. The number of hydrogen-bond acceptors (Lipinski definition) is 2. The van der Waals surface area contributed by atoms with Crippen LogP contribution in [0.4, 0.5) is 19.3 Å². The highest BCUT2D eigenvalue weighted by molar-refractivity contribution is 5.89. The molecule has 2 amide bonds. The third-order valence-corrected chi connectivity index (χ3v) is 4.67. The lowest BCUT2D eigenvalue weighted by Crippen LogP contribution is -2.47. The van der Waals surface area contributed by atoms with Crippen molar-refractivity contribution in [1.29, 1.82) is 0 Å². The van der Waals surface area contributed by atoms with E-state index in [1.54, 1.807) is 0 Å². The van der Waals surface area contributed by atoms with E-state index in [1.165, 1.54) is 36.4 Å². The van der Waals surface area contributed by atoms with Gasteiger partial charge in [-0.1, -0.05) is 12.1 Å². The molecule has 0 unspecified atom stereocenters. The summed E-state index contributed by atoms with van der Waals surface area (Å²) in [6.07, 6.45) is 2.97. The number of hydrogen-bond donors (Lipinski definition) is 3. The fraction of sp³-hybridized carbons (Fsp3) is 0.350. The number of nitrogens with one attached hydrogen (secondary N) is 3. The van der Waals surface area contributed by atoms with Gasteiger partial charge in [0.1, 0.15) is 11.6 Å². The average Bonchev–Trinajstić information content (AvgIpc) is 2.65. The summed E-state index contributed by atoms with van der Waals surface area (Å²) in [7, 11) is 0. The van der Waals surface area contributed by atoms with Crippen LogP contribution in [0.25, 0.3) is 0 Å². The number of halogens is 2. The first-order valence-corrected chi connectivity index (χ1v) is 8.87. The second-order valence-corrected chi connectivity index (χ2v) is 6.72. The average molecular weight is 359 g/mol. The van der Waals surface area contributed by atoms with Crippen LogP contribution in [-0.2, 0) is 6.42 Å². The summed E-state index contributed by atoms with van der Waals surface area (Å²) in [6.45, 7) is 1.42. The van der Waals surface area contributed by atoms with E-state index in [4.69, 9.17) is 0 Å². The highest BCUT2D eigenvalue weighted by Gasteiger charge is 2.21. The summed E-state index contributed by atoms with van der Waals surface area (Å²) < 4.78 is 25.8. The van der Waals surface area contributed by atoms with Gasteiger partial charge in [-0.25, -0.2) is 13.6 Å². The van der Waals surface area contributed by atoms with Gasteiger partial charge in [-0.05, 0) is 73.7 Å². The number of anilines is 1. The van der Waals surface area contributed by atoms with Crippen molar-refractivity contribution in [3.8, 4) is 0 Å². The van der Waals surface area contributed by atoms with Crippen LogP contribution in [-0.4, -0.2) is 25.2 Å². The van der Waals surface area contributed by atoms with Gasteiger partial charge in [-0.3, -0.25) is 0 Å². The lowest BCUT2D eigenvalue weighted by Gasteiger charge is -2.30. The predicted molar refractivity (Wildman–Crippen MR) is 98.0 cm³/mol. The Labute approximate surface area is 152 Å². The topological polar surface area (TPSA) is 53.2 Å². The molecule has 0 aromatic heterocycles. The van der Waals surface area contributed by atoms with Crippen molar-refractivity contribution in [2.24, 2.45) is 5.92 Å². The maximum absolute atomic E-state index is 13.0. The van der Waals surface area contributed by atoms with Crippen LogP contribution in [0.5, 0.6) is 0 Å². The zero-order chi connectivity index (χ0) is 18.4. The zero-order valence-corrected chi connectivity index (χ0v) is 14.5. The highest BCUT2D eigenvalue weighted by Crippen LogP contribution is 2.19. The molecule has 1 fully saturated rings. The van der Waals surface area contributed by atoms with Crippen LogP contribution in [0.15, 0.2) is 48.5 Å². The van der Waals surface area contributed by atoms with Crippen LogP contribution in [0.2, 0.25) is 0 Å². The molecule has 1 aliphatic rings. The Bertz CT molecular complexity index is 711. The minimum Gasteiger partial charge on any atom is -0.336 e. The van der Waals surface area contributed by atoms with Crippen molar-refractivity contribution >= 4 is 11.7 Å². The van der Waals surface area contributed by atoms with E-state index in [2.05, 4.69) is 16.0 Å². The van der Waals surface area contributed by atoms with E-state index in [1.807, 2.05) is 12.1 Å². The molecule has 1 saturated heterocycles. The Morgan fingerprint density at radius 1 is 1.00 bits per heavy atom. The summed E-state index contributed by atoms with van der Waals surface area (Å²) in [5.74, 6) is -0.0251. The first-order valence-electron chi connectivity index (χ1n) is 8.87. The fourth-order valence-corrected chi connectivity index (χ4v) is 3.20. The van der Waals surface area contributed by atoms with E-state index < -0.39 is 0 Å². The molecule has 4 nitrogen and oxygen atoms in total. The SMILES string of the molecule is O=C(NC[C@H]1CC[C@@H](Cc2ccc(F)cc2)CN1)Nc1ccc(F)cc1. The monoisotopic (exact) mass is 359 g/mol. The Kier molecular flexibility index (Phi) is 6.17. The maximum Gasteiger partial charge on any atom is 0.319 e. The molecule has 0 spiro atoms. The summed E-state index contributed by atoms with van der Waals surface area (Å²) in [6, 6.07) is 12.3. The van der Waals surface area contributed by atoms with Crippen molar-refractivity contribution in [2.75, 3.05) is 18.4 Å². The van der Waals surface area contributed by atoms with Gasteiger partial charge in [0, 0.05) is 18.3 Å². The highest BCUT2D eigenvalue weighted by atomic mass is 19.1. The minimum absolute atomic E-state index is 0.208. The molecule has 6 heteroatoms. The van der Waals surface area contributed by atoms with E-state index in [0.717, 1.165) is 31.4 Å². The molecule has 0 radical (unpaired) electrons. The van der Waals surface area contributed by atoms with Gasteiger partial charge >= 0.3 is 6.03 Å². The van der Waals surface area contributed by atoms with Crippen LogP contribution in [0.3, 0.4) is 0 Å². The molecule has 1 heterocycles. The largest absolute Gasteiger partial charge is 0.336 e. The number of urea groups is 1. The quantitative estimate of drug-likeness (QED) is 0.762. The Morgan fingerprint density at radius 3 is 2.27 bits per heavy atom. The van der Waals surface area contributed by atoms with E-state index in [-0.39, 0.29) is 23.7 Å².